The topological polar surface area (TPSA) is 70.6 Å². The first-order valence-electron chi connectivity index (χ1n) is 6.49. The van der Waals surface area contributed by atoms with E-state index in [4.69, 9.17) is 4.74 Å². The van der Waals surface area contributed by atoms with Crippen molar-refractivity contribution in [1.29, 1.82) is 0 Å². The number of anilines is 1. The third kappa shape index (κ3) is 3.05. The second kappa shape index (κ2) is 6.04. The summed E-state index contributed by atoms with van der Waals surface area (Å²) in [7, 11) is 1.78. The second-order valence-electron chi connectivity index (χ2n) is 4.80. The van der Waals surface area contributed by atoms with Gasteiger partial charge >= 0.3 is 0 Å². The molecule has 1 aliphatic heterocycles. The van der Waals surface area contributed by atoms with Crippen molar-refractivity contribution in [1.82, 2.24) is 5.32 Å². The van der Waals surface area contributed by atoms with Gasteiger partial charge in [-0.2, -0.15) is 0 Å². The fourth-order valence-electron chi connectivity index (χ4n) is 2.29. The Morgan fingerprint density at radius 2 is 2.05 bits per heavy atom. The summed E-state index contributed by atoms with van der Waals surface area (Å²) in [5, 5.41) is 15.5. The van der Waals surface area contributed by atoms with Crippen LogP contribution in [0.15, 0.2) is 24.3 Å². The van der Waals surface area contributed by atoms with Crippen molar-refractivity contribution in [3.05, 3.63) is 29.8 Å². The Hall–Kier alpha value is -1.59. The standard InChI is InChI=1S/C14H20N2O3/c1-15-12-5-3-2-4-11(12)13(18)16-14(10-17)6-8-19-9-7-14/h2-5,15,17H,6-10H2,1H3,(H,16,18). The van der Waals surface area contributed by atoms with Crippen molar-refractivity contribution in [2.75, 3.05) is 32.2 Å². The number of nitrogens with one attached hydrogen (secondary N) is 2. The summed E-state index contributed by atoms with van der Waals surface area (Å²) in [4.78, 5) is 12.4. The van der Waals surface area contributed by atoms with Crippen molar-refractivity contribution in [3.8, 4) is 0 Å². The van der Waals surface area contributed by atoms with E-state index in [-0.39, 0.29) is 12.5 Å². The molecule has 0 saturated carbocycles. The zero-order valence-electron chi connectivity index (χ0n) is 11.1. The van der Waals surface area contributed by atoms with Gasteiger partial charge in [0.25, 0.3) is 5.91 Å². The minimum absolute atomic E-state index is 0.0657. The molecular weight excluding hydrogens is 244 g/mol. The molecule has 0 radical (unpaired) electrons. The van der Waals surface area contributed by atoms with Crippen LogP contribution in [0, 0.1) is 0 Å². The highest BCUT2D eigenvalue weighted by atomic mass is 16.5. The molecule has 0 aliphatic carbocycles. The van der Waals surface area contributed by atoms with E-state index < -0.39 is 5.54 Å². The number of hydrogen-bond donors (Lipinski definition) is 3. The molecule has 0 aromatic heterocycles. The summed E-state index contributed by atoms with van der Waals surface area (Å²) in [6.45, 7) is 1.06. The molecule has 0 atom stereocenters. The Balaban J connectivity index is 2.15. The van der Waals surface area contributed by atoms with E-state index in [1.165, 1.54) is 0 Å². The fraction of sp³-hybridized carbons (Fsp3) is 0.500. The highest BCUT2D eigenvalue weighted by Gasteiger charge is 2.34. The van der Waals surface area contributed by atoms with E-state index in [0.29, 0.717) is 31.6 Å². The summed E-state index contributed by atoms with van der Waals surface area (Å²) in [6.07, 6.45) is 1.27. The predicted molar refractivity (Wildman–Crippen MR) is 73.3 cm³/mol. The van der Waals surface area contributed by atoms with Crippen molar-refractivity contribution < 1.29 is 14.6 Å². The van der Waals surface area contributed by atoms with Gasteiger partial charge in [0, 0.05) is 25.9 Å². The largest absolute Gasteiger partial charge is 0.394 e. The van der Waals surface area contributed by atoms with Gasteiger partial charge in [0.1, 0.15) is 0 Å². The fourth-order valence-corrected chi connectivity index (χ4v) is 2.29. The van der Waals surface area contributed by atoms with Crippen LogP contribution in [-0.2, 0) is 4.74 Å². The van der Waals surface area contributed by atoms with Gasteiger partial charge in [0.15, 0.2) is 0 Å². The van der Waals surface area contributed by atoms with Gasteiger partial charge in [-0.15, -0.1) is 0 Å². The first kappa shape index (κ1) is 13.8. The highest BCUT2D eigenvalue weighted by molar-refractivity contribution is 6.00. The van der Waals surface area contributed by atoms with Crippen LogP contribution in [0.3, 0.4) is 0 Å². The molecule has 1 aliphatic rings. The SMILES string of the molecule is CNc1ccccc1C(=O)NC1(CO)CCOCC1. The van der Waals surface area contributed by atoms with Crippen LogP contribution >= 0.6 is 0 Å². The van der Waals surface area contributed by atoms with Crippen LogP contribution in [0.2, 0.25) is 0 Å². The second-order valence-corrected chi connectivity index (χ2v) is 4.80. The number of benzene rings is 1. The Labute approximate surface area is 113 Å². The Morgan fingerprint density at radius 1 is 1.37 bits per heavy atom. The molecule has 5 nitrogen and oxygen atoms in total. The van der Waals surface area contributed by atoms with Crippen molar-refractivity contribution >= 4 is 11.6 Å². The lowest BCUT2D eigenvalue weighted by molar-refractivity contribution is 0.0125. The highest BCUT2D eigenvalue weighted by Crippen LogP contribution is 2.22. The lowest BCUT2D eigenvalue weighted by atomic mass is 9.90. The van der Waals surface area contributed by atoms with Gasteiger partial charge in [-0.3, -0.25) is 4.79 Å². The number of para-hydroxylation sites is 1. The van der Waals surface area contributed by atoms with E-state index in [2.05, 4.69) is 10.6 Å². The third-order valence-electron chi connectivity index (χ3n) is 3.57. The quantitative estimate of drug-likeness (QED) is 0.759. The van der Waals surface area contributed by atoms with Crippen molar-refractivity contribution in [2.24, 2.45) is 0 Å². The first-order valence-corrected chi connectivity index (χ1v) is 6.49. The van der Waals surface area contributed by atoms with Gasteiger partial charge in [0.05, 0.1) is 17.7 Å². The minimum Gasteiger partial charge on any atom is -0.394 e. The number of carbonyl (C=O) groups excluding carboxylic acids is 1. The van der Waals surface area contributed by atoms with E-state index in [1.54, 1.807) is 13.1 Å². The molecule has 1 fully saturated rings. The maximum atomic E-state index is 12.4. The van der Waals surface area contributed by atoms with Crippen LogP contribution in [0.25, 0.3) is 0 Å². The van der Waals surface area contributed by atoms with Gasteiger partial charge in [-0.1, -0.05) is 12.1 Å². The molecule has 104 valence electrons. The molecule has 1 saturated heterocycles. The minimum atomic E-state index is -0.559. The van der Waals surface area contributed by atoms with E-state index in [9.17, 15) is 9.90 Å². The van der Waals surface area contributed by atoms with Crippen LogP contribution in [-0.4, -0.2) is 43.4 Å². The van der Waals surface area contributed by atoms with Crippen LogP contribution in [0.4, 0.5) is 5.69 Å². The van der Waals surface area contributed by atoms with Crippen molar-refractivity contribution in [2.45, 2.75) is 18.4 Å². The molecule has 1 aromatic rings. The summed E-state index contributed by atoms with van der Waals surface area (Å²) in [5.41, 5.74) is 0.806. The van der Waals surface area contributed by atoms with Gasteiger partial charge in [-0.25, -0.2) is 0 Å². The molecule has 1 aromatic carbocycles. The van der Waals surface area contributed by atoms with Crippen LogP contribution in [0.5, 0.6) is 0 Å². The predicted octanol–water partition coefficient (Wildman–Crippen LogP) is 1.000. The number of aliphatic hydroxyl groups is 1. The lowest BCUT2D eigenvalue weighted by Crippen LogP contribution is -2.54. The number of aliphatic hydroxyl groups excluding tert-OH is 1. The molecule has 2 rings (SSSR count). The average molecular weight is 264 g/mol. The van der Waals surface area contributed by atoms with Gasteiger partial charge < -0.3 is 20.5 Å². The summed E-state index contributed by atoms with van der Waals surface area (Å²) < 4.78 is 5.28. The molecule has 1 amide bonds. The van der Waals surface area contributed by atoms with Crippen molar-refractivity contribution in [3.63, 3.8) is 0 Å². The molecule has 19 heavy (non-hydrogen) atoms. The first-order chi connectivity index (χ1) is 9.21. The molecule has 3 N–H and O–H groups in total. The molecule has 0 spiro atoms. The summed E-state index contributed by atoms with van der Waals surface area (Å²) in [6, 6.07) is 7.32. The number of hydrogen-bond acceptors (Lipinski definition) is 4. The monoisotopic (exact) mass is 264 g/mol. The van der Waals surface area contributed by atoms with Crippen LogP contribution < -0.4 is 10.6 Å². The van der Waals surface area contributed by atoms with Gasteiger partial charge in [0.2, 0.25) is 0 Å². The van der Waals surface area contributed by atoms with E-state index in [1.807, 2.05) is 18.2 Å². The third-order valence-corrected chi connectivity index (χ3v) is 3.57. The summed E-state index contributed by atoms with van der Waals surface area (Å²) in [5.74, 6) is -0.166. The molecule has 0 unspecified atom stereocenters. The van der Waals surface area contributed by atoms with Gasteiger partial charge in [-0.05, 0) is 25.0 Å². The molecule has 1 heterocycles. The molecular formula is C14H20N2O3. The zero-order valence-corrected chi connectivity index (χ0v) is 11.1. The Morgan fingerprint density at radius 3 is 2.68 bits per heavy atom. The smallest absolute Gasteiger partial charge is 0.253 e. The zero-order chi connectivity index (χ0) is 13.7. The summed E-state index contributed by atoms with van der Waals surface area (Å²) >= 11 is 0. The van der Waals surface area contributed by atoms with E-state index in [0.717, 1.165) is 5.69 Å². The normalized spacial score (nSPS) is 17.8. The molecule has 0 bridgehead atoms. The average Bonchev–Trinajstić information content (AvgIpc) is 2.48. The number of ether oxygens (including phenoxy) is 1. The number of amides is 1. The maximum Gasteiger partial charge on any atom is 0.253 e. The number of rotatable bonds is 4. The number of carbonyl (C=O) groups is 1. The van der Waals surface area contributed by atoms with E-state index >= 15 is 0 Å². The molecule has 5 heteroatoms. The maximum absolute atomic E-state index is 12.4. The Bertz CT molecular complexity index is 442. The Kier molecular flexibility index (Phi) is 4.39. The lowest BCUT2D eigenvalue weighted by Gasteiger charge is -2.36. The van der Waals surface area contributed by atoms with Crippen LogP contribution in [0.1, 0.15) is 23.2 Å².